The fraction of sp³-hybridized carbons (Fsp3) is 0.167. The van der Waals surface area contributed by atoms with E-state index in [-0.39, 0.29) is 24.8 Å². The molecule has 0 radical (unpaired) electrons. The molecule has 0 spiro atoms. The van der Waals surface area contributed by atoms with Crippen LogP contribution >= 0.6 is 0 Å². The molecule has 0 amide bonds. The summed E-state index contributed by atoms with van der Waals surface area (Å²) in [5.41, 5.74) is 9.49. The second kappa shape index (κ2) is 11.9. The number of fused-ring (bicyclic) bond motifs is 6. The number of halogens is 2. The van der Waals surface area contributed by atoms with Crippen LogP contribution in [0.5, 0.6) is 0 Å². The topological polar surface area (TPSA) is 0 Å². The van der Waals surface area contributed by atoms with E-state index in [9.17, 15) is 0 Å². The molecule has 7 rings (SSSR count). The van der Waals surface area contributed by atoms with Crippen molar-refractivity contribution in [1.82, 2.24) is 0 Å². The number of hydrogen-bond donors (Lipinski definition) is 0. The molecule has 0 saturated heterocycles. The van der Waals surface area contributed by atoms with Gasteiger partial charge in [0.1, 0.15) is 0 Å². The van der Waals surface area contributed by atoms with E-state index < -0.39 is 26.8 Å². The predicted octanol–water partition coefficient (Wildman–Crippen LogP) is 2.89. The van der Waals surface area contributed by atoms with Crippen LogP contribution in [0.15, 0.2) is 114 Å². The van der Waals surface area contributed by atoms with Gasteiger partial charge < -0.3 is 24.8 Å². The Kier molecular flexibility index (Phi) is 8.74. The van der Waals surface area contributed by atoms with Crippen LogP contribution in [0.3, 0.4) is 0 Å². The molecule has 0 heterocycles. The van der Waals surface area contributed by atoms with Crippen molar-refractivity contribution in [1.29, 1.82) is 0 Å². The maximum absolute atomic E-state index is 2.56. The minimum Gasteiger partial charge on any atom is -1.00 e. The summed E-state index contributed by atoms with van der Waals surface area (Å²) in [4.78, 5) is 0. The van der Waals surface area contributed by atoms with Gasteiger partial charge in [0.15, 0.2) is 0 Å². The van der Waals surface area contributed by atoms with Crippen molar-refractivity contribution in [3.05, 3.63) is 137 Å². The molecule has 2 aliphatic rings. The van der Waals surface area contributed by atoms with Crippen molar-refractivity contribution < 1.29 is 45.7 Å². The Morgan fingerprint density at radius 2 is 1.02 bits per heavy atom. The van der Waals surface area contributed by atoms with E-state index in [1.807, 2.05) is 0 Å². The van der Waals surface area contributed by atoms with Gasteiger partial charge in [-0.15, -0.1) is 0 Å². The normalized spacial score (nSPS) is 17.8. The molecule has 3 atom stereocenters. The van der Waals surface area contributed by atoms with Crippen LogP contribution in [0.2, 0.25) is 6.04 Å². The molecule has 0 bridgehead atoms. The Labute approximate surface area is 259 Å². The molecular weight excluding hydrogens is 623 g/mol. The fourth-order valence-corrected chi connectivity index (χ4v) is 35.9. The van der Waals surface area contributed by atoms with Gasteiger partial charge in [0.05, 0.1) is 0 Å². The van der Waals surface area contributed by atoms with Gasteiger partial charge in [-0.05, 0) is 0 Å². The Balaban J connectivity index is 0.00000161. The molecule has 0 saturated carbocycles. The van der Waals surface area contributed by atoms with Crippen molar-refractivity contribution in [2.45, 2.75) is 34.1 Å². The summed E-state index contributed by atoms with van der Waals surface area (Å²) in [7, 11) is 0. The van der Waals surface area contributed by atoms with E-state index in [1.165, 1.54) is 38.7 Å². The predicted molar refractivity (Wildman–Crippen MR) is 164 cm³/mol. The molecule has 40 heavy (non-hydrogen) atoms. The van der Waals surface area contributed by atoms with Crippen LogP contribution in [0.25, 0.3) is 33.7 Å². The van der Waals surface area contributed by atoms with Crippen LogP contribution in [0.4, 0.5) is 0 Å². The van der Waals surface area contributed by atoms with Crippen molar-refractivity contribution in [3.8, 4) is 0 Å². The van der Waals surface area contributed by atoms with E-state index in [0.29, 0.717) is 7.25 Å². The Bertz CT molecular complexity index is 1650. The molecule has 3 unspecified atom stereocenters. The van der Waals surface area contributed by atoms with Gasteiger partial charge in [-0.2, -0.15) is 0 Å². The third-order valence-corrected chi connectivity index (χ3v) is 34.2. The van der Waals surface area contributed by atoms with Crippen molar-refractivity contribution in [3.63, 3.8) is 0 Å². The van der Waals surface area contributed by atoms with Gasteiger partial charge >= 0.3 is 236 Å². The third-order valence-electron chi connectivity index (χ3n) is 8.96. The van der Waals surface area contributed by atoms with E-state index in [2.05, 4.69) is 136 Å². The molecule has 0 aromatic heterocycles. The standard InChI is InChI=1S/2C14H11.C8H11Si.2ClH.Zr/c2*1-10-8-12-7-6-11-4-2-3-5-13(11)14(12)9-10;1-2-9-8-6-4-3-5-7-8;;;/h2*2-9H,1H3;3-7,9H,2H2,1H3;2*1H;/q;;;;;+2/p-2. The quantitative estimate of drug-likeness (QED) is 0.256. The molecule has 0 nitrogen and oxygen atoms in total. The Hall–Kier alpha value is -2.22. The van der Waals surface area contributed by atoms with Crippen LogP contribution in [-0.4, -0.2) is 5.92 Å². The molecule has 199 valence electrons. The molecule has 4 heteroatoms. The van der Waals surface area contributed by atoms with Crippen LogP contribution in [0.1, 0.15) is 50.3 Å². The Morgan fingerprint density at radius 3 is 1.50 bits per heavy atom. The molecular formula is C36H33Cl2SiZr. The van der Waals surface area contributed by atoms with Crippen molar-refractivity contribution >= 4 is 44.8 Å². The maximum atomic E-state index is 2.56. The molecule has 0 N–H and O–H groups in total. The zero-order valence-corrected chi connectivity index (χ0v) is 28.3. The maximum Gasteiger partial charge on any atom is -1.00 e. The van der Waals surface area contributed by atoms with Gasteiger partial charge in [-0.25, -0.2) is 0 Å². The zero-order valence-electron chi connectivity index (χ0n) is 23.2. The summed E-state index contributed by atoms with van der Waals surface area (Å²) >= 11 is -2.26. The molecule has 0 fully saturated rings. The summed E-state index contributed by atoms with van der Waals surface area (Å²) in [6.45, 7) is 7.39. The van der Waals surface area contributed by atoms with Gasteiger partial charge in [0, 0.05) is 0 Å². The number of allylic oxidation sites excluding steroid dienone is 2. The first-order valence-electron chi connectivity index (χ1n) is 14.0. The third kappa shape index (κ3) is 4.72. The average molecular weight is 656 g/mol. The first-order chi connectivity index (χ1) is 18.7. The first-order valence-corrected chi connectivity index (χ1v) is 23.0. The zero-order chi connectivity index (χ0) is 25.8. The van der Waals surface area contributed by atoms with Gasteiger partial charge in [-0.1, -0.05) is 0 Å². The van der Waals surface area contributed by atoms with E-state index in [1.54, 1.807) is 27.5 Å². The van der Waals surface area contributed by atoms with Crippen molar-refractivity contribution in [2.24, 2.45) is 0 Å². The SMILES string of the molecule is CC[SiH](c1ccccc1)[Zr+2]([CH]1C(C)=Cc2c1ccc1ccccc21)[CH]1C(C)=Cc2c1ccc1ccccc21.[Cl-].[Cl-]. The van der Waals surface area contributed by atoms with Gasteiger partial charge in [0.25, 0.3) is 0 Å². The van der Waals surface area contributed by atoms with E-state index in [4.69, 9.17) is 0 Å². The number of benzene rings is 5. The van der Waals surface area contributed by atoms with Crippen LogP contribution in [-0.2, 0) is 20.9 Å². The second-order valence-corrected chi connectivity index (χ2v) is 28.1. The first kappa shape index (κ1) is 29.3. The Morgan fingerprint density at radius 1 is 0.575 bits per heavy atom. The summed E-state index contributed by atoms with van der Waals surface area (Å²) in [5.74, 6) is -1.20. The van der Waals surface area contributed by atoms with Crippen LogP contribution in [0, 0.1) is 0 Å². The van der Waals surface area contributed by atoms with Gasteiger partial charge in [-0.3, -0.25) is 0 Å². The summed E-state index contributed by atoms with van der Waals surface area (Å²) < 4.78 is 1.28. The number of hydrogen-bond acceptors (Lipinski definition) is 0. The fourth-order valence-electron chi connectivity index (χ4n) is 7.37. The van der Waals surface area contributed by atoms with Crippen molar-refractivity contribution in [2.75, 3.05) is 0 Å². The summed E-state index contributed by atoms with van der Waals surface area (Å²) in [5, 5.41) is 7.26. The molecule has 5 aromatic carbocycles. The molecule has 0 aliphatic heterocycles. The van der Waals surface area contributed by atoms with E-state index >= 15 is 0 Å². The number of rotatable bonds is 5. The molecule has 5 aromatic rings. The van der Waals surface area contributed by atoms with Gasteiger partial charge in [0.2, 0.25) is 0 Å². The molecule has 2 aliphatic carbocycles. The minimum atomic E-state index is -2.26. The van der Waals surface area contributed by atoms with Crippen LogP contribution < -0.4 is 30.0 Å². The summed E-state index contributed by atoms with van der Waals surface area (Å²) in [6, 6.07) is 40.7. The summed E-state index contributed by atoms with van der Waals surface area (Å²) in [6.07, 6.45) is 5.12. The minimum absolute atomic E-state index is 0. The monoisotopic (exact) mass is 653 g/mol. The average Bonchev–Trinajstić information content (AvgIpc) is 3.48. The smallest absolute Gasteiger partial charge is 1.00 e. The largest absolute Gasteiger partial charge is 1.00 e. The van der Waals surface area contributed by atoms with E-state index in [0.717, 1.165) is 0 Å². The second-order valence-electron chi connectivity index (χ2n) is 11.1.